The van der Waals surface area contributed by atoms with Crippen molar-refractivity contribution in [1.29, 1.82) is 0 Å². The van der Waals surface area contributed by atoms with Gasteiger partial charge in [0.1, 0.15) is 11.8 Å². The molecule has 2 aromatic heterocycles. The molecule has 2 aromatic rings. The van der Waals surface area contributed by atoms with Crippen LogP contribution in [-0.4, -0.2) is 21.1 Å². The van der Waals surface area contributed by atoms with Crippen LogP contribution in [0.15, 0.2) is 12.3 Å². The zero-order valence-corrected chi connectivity index (χ0v) is 11.1. The normalized spacial score (nSPS) is 11.8. The molecule has 1 unspecified atom stereocenters. The standard InChI is InChI=1S/C11H13N3O.C2H6/c1-7-5-14(9(3)6-15)10-4-8(2)12-13-11(7)10;1-2/h4-6,9H,1-3H3;1-2H3. The summed E-state index contributed by atoms with van der Waals surface area (Å²) >= 11 is 0. The fourth-order valence-electron chi connectivity index (χ4n) is 1.69. The first-order chi connectivity index (χ1) is 8.13. The summed E-state index contributed by atoms with van der Waals surface area (Å²) in [6.07, 6.45) is 2.87. The Morgan fingerprint density at radius 2 is 1.94 bits per heavy atom. The number of aromatic nitrogens is 3. The number of aryl methyl sites for hydroxylation is 2. The first kappa shape index (κ1) is 13.4. The van der Waals surface area contributed by atoms with E-state index in [0.717, 1.165) is 28.6 Å². The summed E-state index contributed by atoms with van der Waals surface area (Å²) in [6, 6.07) is 1.79. The van der Waals surface area contributed by atoms with Gasteiger partial charge in [-0.2, -0.15) is 5.10 Å². The lowest BCUT2D eigenvalue weighted by Gasteiger charge is -2.07. The molecule has 17 heavy (non-hydrogen) atoms. The summed E-state index contributed by atoms with van der Waals surface area (Å²) in [5.74, 6) is 0. The van der Waals surface area contributed by atoms with Gasteiger partial charge in [-0.25, -0.2) is 0 Å². The molecule has 2 heterocycles. The highest BCUT2D eigenvalue weighted by molar-refractivity contribution is 5.80. The Balaban J connectivity index is 0.000000686. The Bertz CT molecular complexity index is 517. The number of aldehydes is 1. The summed E-state index contributed by atoms with van der Waals surface area (Å²) < 4.78 is 1.93. The average Bonchev–Trinajstić information content (AvgIpc) is 2.68. The quantitative estimate of drug-likeness (QED) is 0.749. The van der Waals surface area contributed by atoms with Crippen LogP contribution >= 0.6 is 0 Å². The summed E-state index contributed by atoms with van der Waals surface area (Å²) in [5, 5.41) is 8.15. The van der Waals surface area contributed by atoms with Gasteiger partial charge in [0.2, 0.25) is 0 Å². The van der Waals surface area contributed by atoms with Gasteiger partial charge in [0, 0.05) is 6.20 Å². The number of carbonyl (C=O) groups excluding carboxylic acids is 1. The predicted octanol–water partition coefficient (Wildman–Crippen LogP) is 2.83. The van der Waals surface area contributed by atoms with Crippen molar-refractivity contribution >= 4 is 17.3 Å². The highest BCUT2D eigenvalue weighted by Gasteiger charge is 2.11. The fourth-order valence-corrected chi connectivity index (χ4v) is 1.69. The van der Waals surface area contributed by atoms with E-state index < -0.39 is 0 Å². The van der Waals surface area contributed by atoms with Crippen LogP contribution in [0.3, 0.4) is 0 Å². The zero-order chi connectivity index (χ0) is 13.0. The summed E-state index contributed by atoms with van der Waals surface area (Å²) in [7, 11) is 0. The van der Waals surface area contributed by atoms with Crippen LogP contribution in [0.2, 0.25) is 0 Å². The Labute approximate surface area is 102 Å². The molecule has 0 spiro atoms. The minimum atomic E-state index is -0.162. The molecule has 0 aliphatic carbocycles. The van der Waals surface area contributed by atoms with Gasteiger partial charge in [0.05, 0.1) is 17.3 Å². The summed E-state index contributed by atoms with van der Waals surface area (Å²) in [5.41, 5.74) is 3.75. The maximum absolute atomic E-state index is 10.8. The van der Waals surface area contributed by atoms with Crippen molar-refractivity contribution in [3.05, 3.63) is 23.5 Å². The molecule has 0 fully saturated rings. The van der Waals surface area contributed by atoms with Crippen molar-refractivity contribution in [2.24, 2.45) is 0 Å². The predicted molar refractivity (Wildman–Crippen MR) is 69.1 cm³/mol. The molecule has 1 atom stereocenters. The van der Waals surface area contributed by atoms with Gasteiger partial charge >= 0.3 is 0 Å². The highest BCUT2D eigenvalue weighted by atomic mass is 16.1. The Morgan fingerprint density at radius 3 is 2.53 bits per heavy atom. The van der Waals surface area contributed by atoms with Crippen LogP contribution in [0, 0.1) is 13.8 Å². The molecule has 4 heteroatoms. The van der Waals surface area contributed by atoms with Gasteiger partial charge in [-0.05, 0) is 32.4 Å². The van der Waals surface area contributed by atoms with E-state index in [1.165, 1.54) is 0 Å². The second-order valence-corrected chi connectivity index (χ2v) is 3.82. The third-order valence-electron chi connectivity index (χ3n) is 2.52. The molecule has 0 radical (unpaired) electrons. The van der Waals surface area contributed by atoms with Crippen molar-refractivity contribution < 1.29 is 4.79 Å². The molecule has 2 rings (SSSR count). The Hall–Kier alpha value is -1.71. The van der Waals surface area contributed by atoms with Gasteiger partial charge in [-0.3, -0.25) is 0 Å². The topological polar surface area (TPSA) is 47.8 Å². The maximum Gasteiger partial charge on any atom is 0.142 e. The zero-order valence-electron chi connectivity index (χ0n) is 11.1. The number of fused-ring (bicyclic) bond motifs is 1. The van der Waals surface area contributed by atoms with Gasteiger partial charge < -0.3 is 9.36 Å². The molecule has 0 saturated heterocycles. The van der Waals surface area contributed by atoms with Crippen LogP contribution < -0.4 is 0 Å². The first-order valence-electron chi connectivity index (χ1n) is 5.90. The van der Waals surface area contributed by atoms with Crippen LogP contribution in [0.5, 0.6) is 0 Å². The monoisotopic (exact) mass is 233 g/mol. The Morgan fingerprint density at radius 1 is 1.29 bits per heavy atom. The van der Waals surface area contributed by atoms with Crippen LogP contribution in [-0.2, 0) is 4.79 Å². The van der Waals surface area contributed by atoms with E-state index in [9.17, 15) is 4.79 Å². The number of carbonyl (C=O) groups is 1. The molecule has 0 aliphatic heterocycles. The number of nitrogens with zero attached hydrogens (tertiary/aromatic N) is 3. The molecule has 4 nitrogen and oxygen atoms in total. The van der Waals surface area contributed by atoms with Crippen molar-refractivity contribution in [2.45, 2.75) is 40.7 Å². The smallest absolute Gasteiger partial charge is 0.142 e. The minimum Gasteiger partial charge on any atom is -0.336 e. The average molecular weight is 233 g/mol. The lowest BCUT2D eigenvalue weighted by atomic mass is 10.3. The molecule has 0 aliphatic rings. The number of rotatable bonds is 2. The third kappa shape index (κ3) is 2.52. The number of hydrogen-bond donors (Lipinski definition) is 0. The van der Waals surface area contributed by atoms with Crippen molar-refractivity contribution in [2.75, 3.05) is 0 Å². The van der Waals surface area contributed by atoms with E-state index in [4.69, 9.17) is 0 Å². The van der Waals surface area contributed by atoms with E-state index in [1.54, 1.807) is 0 Å². The van der Waals surface area contributed by atoms with Crippen molar-refractivity contribution in [3.8, 4) is 0 Å². The van der Waals surface area contributed by atoms with Gasteiger partial charge in [0.25, 0.3) is 0 Å². The molecule has 0 amide bonds. The fraction of sp³-hybridized carbons (Fsp3) is 0.462. The molecule has 0 saturated carbocycles. The Kier molecular flexibility index (Phi) is 4.37. The molecule has 0 aromatic carbocycles. The van der Waals surface area contributed by atoms with Crippen molar-refractivity contribution in [1.82, 2.24) is 14.8 Å². The largest absolute Gasteiger partial charge is 0.336 e. The molecule has 92 valence electrons. The van der Waals surface area contributed by atoms with Crippen LogP contribution in [0.1, 0.15) is 38.1 Å². The van der Waals surface area contributed by atoms with Gasteiger partial charge in [-0.15, -0.1) is 5.10 Å². The van der Waals surface area contributed by atoms with Gasteiger partial charge in [0.15, 0.2) is 0 Å². The lowest BCUT2D eigenvalue weighted by Crippen LogP contribution is -2.04. The maximum atomic E-state index is 10.8. The highest BCUT2D eigenvalue weighted by Crippen LogP contribution is 2.21. The lowest BCUT2D eigenvalue weighted by molar-refractivity contribution is -0.110. The minimum absolute atomic E-state index is 0.162. The van der Waals surface area contributed by atoms with E-state index in [0.29, 0.717) is 0 Å². The molecule has 0 bridgehead atoms. The summed E-state index contributed by atoms with van der Waals surface area (Å²) in [6.45, 7) is 9.73. The van der Waals surface area contributed by atoms with E-state index in [1.807, 2.05) is 51.4 Å². The third-order valence-corrected chi connectivity index (χ3v) is 2.52. The number of hydrogen-bond acceptors (Lipinski definition) is 3. The summed E-state index contributed by atoms with van der Waals surface area (Å²) in [4.78, 5) is 10.8. The second kappa shape index (κ2) is 5.57. The first-order valence-corrected chi connectivity index (χ1v) is 5.90. The van der Waals surface area contributed by atoms with Gasteiger partial charge in [-0.1, -0.05) is 13.8 Å². The molecular formula is C13H19N3O. The van der Waals surface area contributed by atoms with E-state index in [2.05, 4.69) is 10.2 Å². The van der Waals surface area contributed by atoms with E-state index >= 15 is 0 Å². The van der Waals surface area contributed by atoms with Crippen LogP contribution in [0.25, 0.3) is 11.0 Å². The SMILES string of the molecule is CC.Cc1cc2c(nn1)c(C)cn2C(C)C=O. The van der Waals surface area contributed by atoms with Crippen molar-refractivity contribution in [3.63, 3.8) is 0 Å². The van der Waals surface area contributed by atoms with Crippen LogP contribution in [0.4, 0.5) is 0 Å². The van der Waals surface area contributed by atoms with E-state index in [-0.39, 0.29) is 6.04 Å². The molecular weight excluding hydrogens is 214 g/mol. The second-order valence-electron chi connectivity index (χ2n) is 3.82. The molecule has 0 N–H and O–H groups in total.